The van der Waals surface area contributed by atoms with Crippen LogP contribution in [0.2, 0.25) is 0 Å². The van der Waals surface area contributed by atoms with Crippen molar-refractivity contribution in [1.82, 2.24) is 5.32 Å². The van der Waals surface area contributed by atoms with E-state index in [1.807, 2.05) is 12.1 Å². The first-order chi connectivity index (χ1) is 6.62. The zero-order chi connectivity index (χ0) is 10.2. The summed E-state index contributed by atoms with van der Waals surface area (Å²) in [6.45, 7) is 4.97. The van der Waals surface area contributed by atoms with Crippen molar-refractivity contribution in [3.63, 3.8) is 0 Å². The molecule has 0 aromatic heterocycles. The number of nitrogens with one attached hydrogen (secondary N) is 1. The molecule has 1 aromatic rings. The van der Waals surface area contributed by atoms with Crippen molar-refractivity contribution < 1.29 is 4.39 Å². The summed E-state index contributed by atoms with van der Waals surface area (Å²) < 4.78 is 13.4. The summed E-state index contributed by atoms with van der Waals surface area (Å²) >= 11 is 0. The van der Waals surface area contributed by atoms with Gasteiger partial charge in [0.05, 0.1) is 0 Å². The molecule has 76 valence electrons. The van der Waals surface area contributed by atoms with Crippen molar-refractivity contribution in [1.29, 1.82) is 0 Å². The molecule has 2 heteroatoms. The Labute approximate surface area is 84.3 Å². The summed E-state index contributed by atoms with van der Waals surface area (Å²) in [4.78, 5) is 0. The minimum absolute atomic E-state index is 0.0193. The molecule has 1 heterocycles. The van der Waals surface area contributed by atoms with E-state index in [-0.39, 0.29) is 11.4 Å². The van der Waals surface area contributed by atoms with Crippen molar-refractivity contribution in [2.45, 2.75) is 32.2 Å². The molecule has 1 fully saturated rings. The molecule has 0 aliphatic carbocycles. The Morgan fingerprint density at radius 1 is 1.43 bits per heavy atom. The third-order valence-corrected chi connectivity index (χ3v) is 3.18. The standard InChI is InChI=1S/C12H16FN/c1-9-4-5-10(8-11(9)13)12(2)6-3-7-14-12/h4-5,8,14H,3,6-7H2,1-2H3. The van der Waals surface area contributed by atoms with Crippen LogP contribution in [0.25, 0.3) is 0 Å². The average Bonchev–Trinajstić information content (AvgIpc) is 2.58. The number of rotatable bonds is 1. The minimum Gasteiger partial charge on any atom is -0.308 e. The maximum Gasteiger partial charge on any atom is 0.126 e. The second-order valence-electron chi connectivity index (χ2n) is 4.33. The van der Waals surface area contributed by atoms with Crippen molar-refractivity contribution in [2.75, 3.05) is 6.54 Å². The molecule has 0 amide bonds. The predicted molar refractivity (Wildman–Crippen MR) is 55.7 cm³/mol. The first-order valence-electron chi connectivity index (χ1n) is 5.13. The highest BCUT2D eigenvalue weighted by Crippen LogP contribution is 2.30. The molecule has 0 bridgehead atoms. The van der Waals surface area contributed by atoms with Crippen LogP contribution >= 0.6 is 0 Å². The summed E-state index contributed by atoms with van der Waals surface area (Å²) in [6.07, 6.45) is 2.27. The number of hydrogen-bond acceptors (Lipinski definition) is 1. The van der Waals surface area contributed by atoms with E-state index >= 15 is 0 Å². The second kappa shape index (κ2) is 3.35. The van der Waals surface area contributed by atoms with Crippen LogP contribution < -0.4 is 5.32 Å². The Hall–Kier alpha value is -0.890. The average molecular weight is 193 g/mol. The van der Waals surface area contributed by atoms with Crippen LogP contribution in [0.1, 0.15) is 30.9 Å². The van der Waals surface area contributed by atoms with Crippen LogP contribution in [0.15, 0.2) is 18.2 Å². The SMILES string of the molecule is Cc1ccc(C2(C)CCCN2)cc1F. The van der Waals surface area contributed by atoms with Gasteiger partial charge in [0.1, 0.15) is 5.82 Å². The summed E-state index contributed by atoms with van der Waals surface area (Å²) in [5.41, 5.74) is 1.77. The Bertz CT molecular complexity index is 340. The van der Waals surface area contributed by atoms with E-state index in [2.05, 4.69) is 12.2 Å². The Kier molecular flexibility index (Phi) is 2.31. The normalized spacial score (nSPS) is 26.8. The Balaban J connectivity index is 2.36. The topological polar surface area (TPSA) is 12.0 Å². The zero-order valence-corrected chi connectivity index (χ0v) is 8.73. The quantitative estimate of drug-likeness (QED) is 0.723. The monoisotopic (exact) mass is 193 g/mol. The van der Waals surface area contributed by atoms with Gasteiger partial charge in [-0.15, -0.1) is 0 Å². The van der Waals surface area contributed by atoms with E-state index in [1.165, 1.54) is 6.42 Å². The van der Waals surface area contributed by atoms with Gasteiger partial charge >= 0.3 is 0 Å². The maximum atomic E-state index is 13.4. The van der Waals surface area contributed by atoms with Crippen LogP contribution in [0.3, 0.4) is 0 Å². The molecular formula is C12H16FN. The fourth-order valence-electron chi connectivity index (χ4n) is 2.08. The van der Waals surface area contributed by atoms with Gasteiger partial charge in [-0.3, -0.25) is 0 Å². The zero-order valence-electron chi connectivity index (χ0n) is 8.73. The molecular weight excluding hydrogens is 177 g/mol. The van der Waals surface area contributed by atoms with Gasteiger partial charge < -0.3 is 5.32 Å². The van der Waals surface area contributed by atoms with Gasteiger partial charge in [-0.2, -0.15) is 0 Å². The van der Waals surface area contributed by atoms with E-state index in [0.717, 1.165) is 24.1 Å². The van der Waals surface area contributed by atoms with Gasteiger partial charge in [0.25, 0.3) is 0 Å². The second-order valence-corrected chi connectivity index (χ2v) is 4.33. The molecule has 2 rings (SSSR count). The molecule has 0 spiro atoms. The van der Waals surface area contributed by atoms with Gasteiger partial charge in [0, 0.05) is 5.54 Å². The minimum atomic E-state index is -0.0996. The highest BCUT2D eigenvalue weighted by atomic mass is 19.1. The summed E-state index contributed by atoms with van der Waals surface area (Å²) in [6, 6.07) is 5.54. The fraction of sp³-hybridized carbons (Fsp3) is 0.500. The largest absolute Gasteiger partial charge is 0.308 e. The molecule has 14 heavy (non-hydrogen) atoms. The summed E-state index contributed by atoms with van der Waals surface area (Å²) in [7, 11) is 0. The Morgan fingerprint density at radius 3 is 2.79 bits per heavy atom. The number of hydrogen-bond donors (Lipinski definition) is 1. The molecule has 1 aromatic carbocycles. The van der Waals surface area contributed by atoms with Gasteiger partial charge in [0.15, 0.2) is 0 Å². The fourth-order valence-corrected chi connectivity index (χ4v) is 2.08. The van der Waals surface area contributed by atoms with Crippen LogP contribution in [0, 0.1) is 12.7 Å². The predicted octanol–water partition coefficient (Wildman–Crippen LogP) is 2.73. The molecule has 1 atom stereocenters. The number of aryl methyl sites for hydroxylation is 1. The lowest BCUT2D eigenvalue weighted by molar-refractivity contribution is 0.431. The van der Waals surface area contributed by atoms with Crippen LogP contribution in [0.5, 0.6) is 0 Å². The first kappa shape index (κ1) is 9.66. The lowest BCUT2D eigenvalue weighted by Crippen LogP contribution is -2.33. The smallest absolute Gasteiger partial charge is 0.126 e. The third kappa shape index (κ3) is 1.55. The molecule has 1 nitrogen and oxygen atoms in total. The van der Waals surface area contributed by atoms with Gasteiger partial charge in [-0.25, -0.2) is 4.39 Å². The molecule has 1 unspecified atom stereocenters. The molecule has 1 N–H and O–H groups in total. The lowest BCUT2D eigenvalue weighted by atomic mass is 9.90. The van der Waals surface area contributed by atoms with E-state index < -0.39 is 0 Å². The highest BCUT2D eigenvalue weighted by Gasteiger charge is 2.30. The maximum absolute atomic E-state index is 13.4. The van der Waals surface area contributed by atoms with Gasteiger partial charge in [0.2, 0.25) is 0 Å². The molecule has 1 saturated heterocycles. The summed E-state index contributed by atoms with van der Waals surface area (Å²) in [5, 5.41) is 3.43. The molecule has 1 aliphatic rings. The van der Waals surface area contributed by atoms with E-state index in [9.17, 15) is 4.39 Å². The van der Waals surface area contributed by atoms with Crippen molar-refractivity contribution in [3.05, 3.63) is 35.1 Å². The van der Waals surface area contributed by atoms with Gasteiger partial charge in [-0.05, 0) is 50.4 Å². The van der Waals surface area contributed by atoms with E-state index in [1.54, 1.807) is 13.0 Å². The number of halogens is 1. The number of benzene rings is 1. The van der Waals surface area contributed by atoms with Crippen LogP contribution in [-0.2, 0) is 5.54 Å². The first-order valence-corrected chi connectivity index (χ1v) is 5.13. The van der Waals surface area contributed by atoms with Gasteiger partial charge in [-0.1, -0.05) is 12.1 Å². The molecule has 0 radical (unpaired) electrons. The van der Waals surface area contributed by atoms with Crippen LogP contribution in [0.4, 0.5) is 4.39 Å². The molecule has 1 aliphatic heterocycles. The summed E-state index contributed by atoms with van der Waals surface area (Å²) in [5.74, 6) is -0.0996. The molecule has 0 saturated carbocycles. The van der Waals surface area contributed by atoms with Crippen LogP contribution in [-0.4, -0.2) is 6.54 Å². The van der Waals surface area contributed by atoms with Crippen molar-refractivity contribution in [3.8, 4) is 0 Å². The van der Waals surface area contributed by atoms with Crippen molar-refractivity contribution >= 4 is 0 Å². The van der Waals surface area contributed by atoms with Crippen molar-refractivity contribution in [2.24, 2.45) is 0 Å². The Morgan fingerprint density at radius 2 is 2.21 bits per heavy atom. The van der Waals surface area contributed by atoms with E-state index in [4.69, 9.17) is 0 Å². The lowest BCUT2D eigenvalue weighted by Gasteiger charge is -2.25. The third-order valence-electron chi connectivity index (χ3n) is 3.18. The highest BCUT2D eigenvalue weighted by molar-refractivity contribution is 5.29. The van der Waals surface area contributed by atoms with E-state index in [0.29, 0.717) is 0 Å².